The minimum Gasteiger partial charge on any atom is -0.481 e. The molecule has 0 heterocycles. The van der Waals surface area contributed by atoms with E-state index >= 15 is 0 Å². The first-order chi connectivity index (χ1) is 9.77. The number of carboxylic acids is 1. The standard InChI is InChI=1S/C15H22N2O4/c1-5-16(11(3)8-15(18)19)12(4)13-7-6-10(2)14(9-13)17(20)21/h6-7,9,11-12H,5,8H2,1-4H3,(H,18,19). The highest BCUT2D eigenvalue weighted by molar-refractivity contribution is 5.67. The minimum absolute atomic E-state index is 0.0478. The van der Waals surface area contributed by atoms with E-state index in [2.05, 4.69) is 0 Å². The molecule has 0 aliphatic carbocycles. The van der Waals surface area contributed by atoms with Crippen molar-refractivity contribution in [3.05, 3.63) is 39.4 Å². The summed E-state index contributed by atoms with van der Waals surface area (Å²) in [5.74, 6) is -0.844. The largest absolute Gasteiger partial charge is 0.481 e. The van der Waals surface area contributed by atoms with E-state index in [1.165, 1.54) is 0 Å². The summed E-state index contributed by atoms with van der Waals surface area (Å²) in [5, 5.41) is 19.9. The van der Waals surface area contributed by atoms with Crippen molar-refractivity contribution in [1.29, 1.82) is 0 Å². The van der Waals surface area contributed by atoms with Gasteiger partial charge in [-0.2, -0.15) is 0 Å². The predicted octanol–water partition coefficient (Wildman–Crippen LogP) is 3.15. The molecule has 0 saturated carbocycles. The summed E-state index contributed by atoms with van der Waals surface area (Å²) in [4.78, 5) is 23.5. The molecular formula is C15H22N2O4. The Bertz CT molecular complexity index is 530. The maximum absolute atomic E-state index is 11.0. The van der Waals surface area contributed by atoms with E-state index in [1.807, 2.05) is 31.7 Å². The lowest BCUT2D eigenvalue weighted by atomic mass is 10.0. The topological polar surface area (TPSA) is 83.7 Å². The van der Waals surface area contributed by atoms with Crippen LogP contribution in [-0.4, -0.2) is 33.5 Å². The van der Waals surface area contributed by atoms with Crippen molar-refractivity contribution >= 4 is 11.7 Å². The van der Waals surface area contributed by atoms with E-state index in [-0.39, 0.29) is 29.1 Å². The Morgan fingerprint density at radius 2 is 2.05 bits per heavy atom. The van der Waals surface area contributed by atoms with Crippen LogP contribution in [-0.2, 0) is 4.79 Å². The molecule has 0 spiro atoms. The molecule has 1 aromatic rings. The highest BCUT2D eigenvalue weighted by atomic mass is 16.6. The van der Waals surface area contributed by atoms with Crippen LogP contribution in [0.3, 0.4) is 0 Å². The zero-order valence-electron chi connectivity index (χ0n) is 12.9. The second-order valence-electron chi connectivity index (χ2n) is 5.26. The van der Waals surface area contributed by atoms with Gasteiger partial charge in [0, 0.05) is 23.7 Å². The van der Waals surface area contributed by atoms with Crippen molar-refractivity contribution in [3.63, 3.8) is 0 Å². The van der Waals surface area contributed by atoms with E-state index < -0.39 is 5.97 Å². The minimum atomic E-state index is -0.844. The molecule has 1 rings (SSSR count). The third-order valence-electron chi connectivity index (χ3n) is 3.81. The highest BCUT2D eigenvalue weighted by Gasteiger charge is 2.23. The lowest BCUT2D eigenvalue weighted by molar-refractivity contribution is -0.385. The van der Waals surface area contributed by atoms with Crippen molar-refractivity contribution < 1.29 is 14.8 Å². The molecule has 0 saturated heterocycles. The van der Waals surface area contributed by atoms with Crippen molar-refractivity contribution in [3.8, 4) is 0 Å². The van der Waals surface area contributed by atoms with E-state index in [9.17, 15) is 14.9 Å². The third-order valence-corrected chi connectivity index (χ3v) is 3.81. The molecular weight excluding hydrogens is 272 g/mol. The van der Waals surface area contributed by atoms with Gasteiger partial charge in [-0.05, 0) is 32.9 Å². The van der Waals surface area contributed by atoms with Crippen LogP contribution in [0.15, 0.2) is 18.2 Å². The number of carbonyl (C=O) groups is 1. The Labute approximate surface area is 124 Å². The molecule has 0 bridgehead atoms. The van der Waals surface area contributed by atoms with Crippen molar-refractivity contribution in [1.82, 2.24) is 4.90 Å². The number of aryl methyl sites for hydroxylation is 1. The van der Waals surface area contributed by atoms with Crippen LogP contribution in [0.4, 0.5) is 5.69 Å². The van der Waals surface area contributed by atoms with Gasteiger partial charge in [0.05, 0.1) is 11.3 Å². The predicted molar refractivity (Wildman–Crippen MR) is 80.3 cm³/mol. The van der Waals surface area contributed by atoms with Crippen LogP contribution in [0.2, 0.25) is 0 Å². The maximum atomic E-state index is 11.0. The molecule has 21 heavy (non-hydrogen) atoms. The fourth-order valence-corrected chi connectivity index (χ4v) is 2.61. The number of aliphatic carboxylic acids is 1. The smallest absolute Gasteiger partial charge is 0.304 e. The summed E-state index contributed by atoms with van der Waals surface area (Å²) in [5.41, 5.74) is 1.55. The van der Waals surface area contributed by atoms with Gasteiger partial charge in [0.15, 0.2) is 0 Å². The summed E-state index contributed by atoms with van der Waals surface area (Å²) in [6.45, 7) is 8.14. The normalized spacial score (nSPS) is 14.0. The Morgan fingerprint density at radius 3 is 2.52 bits per heavy atom. The van der Waals surface area contributed by atoms with Crippen LogP contribution in [0, 0.1) is 17.0 Å². The second-order valence-corrected chi connectivity index (χ2v) is 5.26. The van der Waals surface area contributed by atoms with Crippen LogP contribution in [0.5, 0.6) is 0 Å². The van der Waals surface area contributed by atoms with E-state index in [4.69, 9.17) is 5.11 Å². The van der Waals surface area contributed by atoms with E-state index in [0.717, 1.165) is 5.56 Å². The summed E-state index contributed by atoms with van der Waals surface area (Å²) >= 11 is 0. The Kier molecular flexibility index (Phi) is 5.84. The maximum Gasteiger partial charge on any atom is 0.304 e. The van der Waals surface area contributed by atoms with Gasteiger partial charge in [-0.1, -0.05) is 19.1 Å². The molecule has 0 fully saturated rings. The van der Waals surface area contributed by atoms with Gasteiger partial charge < -0.3 is 5.11 Å². The third kappa shape index (κ3) is 4.26. The summed E-state index contributed by atoms with van der Waals surface area (Å²) < 4.78 is 0. The lowest BCUT2D eigenvalue weighted by Gasteiger charge is -2.33. The average Bonchev–Trinajstić information content (AvgIpc) is 2.38. The zero-order valence-corrected chi connectivity index (χ0v) is 12.9. The fraction of sp³-hybridized carbons (Fsp3) is 0.533. The number of carboxylic acid groups (broad SMARTS) is 1. The Hall–Kier alpha value is -1.95. The number of hydrogen-bond acceptors (Lipinski definition) is 4. The van der Waals surface area contributed by atoms with Gasteiger partial charge in [-0.3, -0.25) is 19.8 Å². The summed E-state index contributed by atoms with van der Waals surface area (Å²) in [6, 6.07) is 4.96. The first kappa shape index (κ1) is 17.1. The number of nitro benzene ring substituents is 1. The number of rotatable bonds is 7. The van der Waals surface area contributed by atoms with E-state index in [1.54, 1.807) is 19.1 Å². The van der Waals surface area contributed by atoms with Crippen LogP contribution in [0.25, 0.3) is 0 Å². The quantitative estimate of drug-likeness (QED) is 0.617. The van der Waals surface area contributed by atoms with Crippen LogP contribution >= 0.6 is 0 Å². The Balaban J connectivity index is 3.05. The number of nitrogens with zero attached hydrogens (tertiary/aromatic N) is 2. The summed E-state index contributed by atoms with van der Waals surface area (Å²) in [6.07, 6.45) is 0.0478. The first-order valence-corrected chi connectivity index (χ1v) is 7.00. The van der Waals surface area contributed by atoms with Crippen molar-refractivity contribution in [2.45, 2.75) is 46.2 Å². The van der Waals surface area contributed by atoms with Gasteiger partial charge in [0.1, 0.15) is 0 Å². The lowest BCUT2D eigenvalue weighted by Crippen LogP contribution is -2.36. The van der Waals surface area contributed by atoms with Gasteiger partial charge in [0.2, 0.25) is 0 Å². The molecule has 0 radical (unpaired) electrons. The molecule has 116 valence electrons. The van der Waals surface area contributed by atoms with Crippen LogP contribution in [0.1, 0.15) is 44.4 Å². The first-order valence-electron chi connectivity index (χ1n) is 7.00. The molecule has 2 atom stereocenters. The fourth-order valence-electron chi connectivity index (χ4n) is 2.61. The van der Waals surface area contributed by atoms with Crippen LogP contribution < -0.4 is 0 Å². The number of benzene rings is 1. The highest BCUT2D eigenvalue weighted by Crippen LogP contribution is 2.28. The molecule has 0 aliphatic heterocycles. The van der Waals surface area contributed by atoms with Gasteiger partial charge in [-0.15, -0.1) is 0 Å². The van der Waals surface area contributed by atoms with Crippen molar-refractivity contribution in [2.75, 3.05) is 6.54 Å². The number of nitro groups is 1. The van der Waals surface area contributed by atoms with Gasteiger partial charge in [0.25, 0.3) is 5.69 Å². The molecule has 0 aliphatic rings. The molecule has 1 aromatic carbocycles. The van der Waals surface area contributed by atoms with E-state index in [0.29, 0.717) is 12.1 Å². The van der Waals surface area contributed by atoms with Gasteiger partial charge in [-0.25, -0.2) is 0 Å². The second kappa shape index (κ2) is 7.17. The number of hydrogen-bond donors (Lipinski definition) is 1. The average molecular weight is 294 g/mol. The molecule has 6 heteroatoms. The SMILES string of the molecule is CCN(C(C)CC(=O)O)C(C)c1ccc(C)c([N+](=O)[O-])c1. The molecule has 0 aromatic heterocycles. The molecule has 0 amide bonds. The molecule has 2 unspecified atom stereocenters. The van der Waals surface area contributed by atoms with Crippen molar-refractivity contribution in [2.24, 2.45) is 0 Å². The summed E-state index contributed by atoms with van der Waals surface area (Å²) in [7, 11) is 0. The monoisotopic (exact) mass is 294 g/mol. The zero-order chi connectivity index (χ0) is 16.2. The Morgan fingerprint density at radius 1 is 1.43 bits per heavy atom. The molecule has 1 N–H and O–H groups in total. The molecule has 6 nitrogen and oxygen atoms in total. The van der Waals surface area contributed by atoms with Gasteiger partial charge >= 0.3 is 5.97 Å².